The summed E-state index contributed by atoms with van der Waals surface area (Å²) in [6.07, 6.45) is 0. The Morgan fingerprint density at radius 2 is 1.84 bits per heavy atom. The molecule has 0 saturated carbocycles. The molecule has 1 fully saturated rings. The van der Waals surface area contributed by atoms with Crippen molar-refractivity contribution in [1.29, 1.82) is 0 Å². The Balaban J connectivity index is 0.00000162. The second-order valence-electron chi connectivity index (χ2n) is 4.60. The molecule has 1 aromatic carbocycles. The molecule has 1 aromatic rings. The van der Waals surface area contributed by atoms with Crippen LogP contribution in [-0.2, 0) is 0 Å². The molecule has 1 saturated heterocycles. The van der Waals surface area contributed by atoms with E-state index in [-0.39, 0.29) is 36.6 Å². The third-order valence-corrected chi connectivity index (χ3v) is 3.49. The smallest absolute Gasteiger partial charge is 0.168 e. The van der Waals surface area contributed by atoms with Crippen molar-refractivity contribution in [3.63, 3.8) is 0 Å². The Morgan fingerprint density at radius 1 is 1.26 bits per heavy atom. The van der Waals surface area contributed by atoms with E-state index in [4.69, 9.17) is 0 Å². The normalized spacial score (nSPS) is 17.2. The maximum atomic E-state index is 13.6. The highest BCUT2D eigenvalue weighted by Crippen LogP contribution is 2.32. The molecule has 2 rings (SSSR count). The molecular formula is C13H21Cl2FN2O. The maximum absolute atomic E-state index is 13.6. The summed E-state index contributed by atoms with van der Waals surface area (Å²) in [4.78, 5) is 2.25. The van der Waals surface area contributed by atoms with Crippen LogP contribution in [-0.4, -0.2) is 36.2 Å². The molecule has 1 heterocycles. The quantitative estimate of drug-likeness (QED) is 0.881. The van der Waals surface area contributed by atoms with Gasteiger partial charge in [0, 0.05) is 37.8 Å². The van der Waals surface area contributed by atoms with Crippen LogP contribution in [0.25, 0.3) is 0 Å². The molecule has 0 radical (unpaired) electrons. The van der Waals surface area contributed by atoms with Crippen molar-refractivity contribution in [2.45, 2.75) is 19.9 Å². The number of aromatic hydroxyl groups is 1. The van der Waals surface area contributed by atoms with Crippen molar-refractivity contribution in [3.05, 3.63) is 29.1 Å². The lowest BCUT2D eigenvalue weighted by molar-refractivity contribution is 0.182. The zero-order valence-electron chi connectivity index (χ0n) is 11.1. The highest BCUT2D eigenvalue weighted by Gasteiger charge is 2.22. The Hall–Kier alpha value is -0.550. The molecular weight excluding hydrogens is 290 g/mol. The number of rotatable bonds is 2. The second-order valence-corrected chi connectivity index (χ2v) is 4.60. The average Bonchev–Trinajstić information content (AvgIpc) is 2.36. The highest BCUT2D eigenvalue weighted by molar-refractivity contribution is 5.85. The minimum absolute atomic E-state index is 0. The monoisotopic (exact) mass is 310 g/mol. The van der Waals surface area contributed by atoms with Gasteiger partial charge in [-0.1, -0.05) is 12.1 Å². The van der Waals surface area contributed by atoms with E-state index in [0.717, 1.165) is 26.2 Å². The lowest BCUT2D eigenvalue weighted by atomic mass is 10.0. The first-order valence-electron chi connectivity index (χ1n) is 6.04. The van der Waals surface area contributed by atoms with Gasteiger partial charge in [0.25, 0.3) is 0 Å². The van der Waals surface area contributed by atoms with Gasteiger partial charge in [-0.15, -0.1) is 24.8 Å². The summed E-state index contributed by atoms with van der Waals surface area (Å²) in [5.41, 5.74) is 1.16. The third kappa shape index (κ3) is 3.96. The highest BCUT2D eigenvalue weighted by atomic mass is 35.5. The number of aryl methyl sites for hydroxylation is 1. The van der Waals surface area contributed by atoms with E-state index < -0.39 is 5.82 Å². The molecule has 1 aliphatic heterocycles. The average molecular weight is 311 g/mol. The molecule has 19 heavy (non-hydrogen) atoms. The summed E-state index contributed by atoms with van der Waals surface area (Å²) < 4.78 is 13.6. The van der Waals surface area contributed by atoms with Gasteiger partial charge in [0.1, 0.15) is 0 Å². The number of hydrogen-bond donors (Lipinski definition) is 2. The summed E-state index contributed by atoms with van der Waals surface area (Å²) in [5.74, 6) is -0.694. The van der Waals surface area contributed by atoms with Gasteiger partial charge in [-0.05, 0) is 19.4 Å². The molecule has 110 valence electrons. The number of halogens is 3. The topological polar surface area (TPSA) is 35.5 Å². The fourth-order valence-corrected chi connectivity index (χ4v) is 2.28. The van der Waals surface area contributed by atoms with Crippen molar-refractivity contribution < 1.29 is 9.50 Å². The third-order valence-electron chi connectivity index (χ3n) is 3.49. The van der Waals surface area contributed by atoms with Crippen molar-refractivity contribution >= 4 is 24.8 Å². The number of benzene rings is 1. The number of hydrogen-bond acceptors (Lipinski definition) is 3. The van der Waals surface area contributed by atoms with E-state index in [1.807, 2.05) is 13.0 Å². The SMILES string of the molecule is Cc1ccc([C@H](C)N2CCNCC2)c(O)c1F.Cl.Cl. The van der Waals surface area contributed by atoms with Crippen molar-refractivity contribution in [2.24, 2.45) is 0 Å². The lowest BCUT2D eigenvalue weighted by Crippen LogP contribution is -2.44. The zero-order chi connectivity index (χ0) is 12.4. The van der Waals surface area contributed by atoms with E-state index in [0.29, 0.717) is 11.1 Å². The summed E-state index contributed by atoms with van der Waals surface area (Å²) in [5, 5.41) is 13.1. The molecule has 0 aliphatic carbocycles. The van der Waals surface area contributed by atoms with Crippen molar-refractivity contribution in [1.82, 2.24) is 10.2 Å². The van der Waals surface area contributed by atoms with Crippen LogP contribution in [0.5, 0.6) is 5.75 Å². The van der Waals surface area contributed by atoms with E-state index in [1.165, 1.54) is 0 Å². The predicted molar refractivity (Wildman–Crippen MR) is 80.2 cm³/mol. The van der Waals surface area contributed by atoms with E-state index in [1.54, 1.807) is 13.0 Å². The van der Waals surface area contributed by atoms with Gasteiger partial charge in [0.05, 0.1) is 0 Å². The summed E-state index contributed by atoms with van der Waals surface area (Å²) in [7, 11) is 0. The number of nitrogens with zero attached hydrogens (tertiary/aromatic N) is 1. The first-order valence-corrected chi connectivity index (χ1v) is 6.04. The summed E-state index contributed by atoms with van der Waals surface area (Å²) >= 11 is 0. The number of nitrogens with one attached hydrogen (secondary N) is 1. The minimum Gasteiger partial charge on any atom is -0.505 e. The van der Waals surface area contributed by atoms with Crippen LogP contribution in [0.1, 0.15) is 24.1 Å². The first-order chi connectivity index (χ1) is 8.11. The minimum atomic E-state index is -0.496. The maximum Gasteiger partial charge on any atom is 0.168 e. The summed E-state index contributed by atoms with van der Waals surface area (Å²) in [6.45, 7) is 7.41. The van der Waals surface area contributed by atoms with Gasteiger partial charge in [-0.25, -0.2) is 4.39 Å². The van der Waals surface area contributed by atoms with Gasteiger partial charge >= 0.3 is 0 Å². The fourth-order valence-electron chi connectivity index (χ4n) is 2.28. The van der Waals surface area contributed by atoms with Crippen LogP contribution in [0, 0.1) is 12.7 Å². The molecule has 0 spiro atoms. The van der Waals surface area contributed by atoms with E-state index >= 15 is 0 Å². The number of piperazine rings is 1. The lowest BCUT2D eigenvalue weighted by Gasteiger charge is -2.33. The molecule has 0 amide bonds. The van der Waals surface area contributed by atoms with Crippen molar-refractivity contribution in [2.75, 3.05) is 26.2 Å². The zero-order valence-corrected chi connectivity index (χ0v) is 12.8. The Bertz CT molecular complexity index is 412. The van der Waals surface area contributed by atoms with Gasteiger partial charge in [0.2, 0.25) is 0 Å². The Morgan fingerprint density at radius 3 is 2.42 bits per heavy atom. The van der Waals surface area contributed by atoms with Crippen LogP contribution >= 0.6 is 24.8 Å². The molecule has 0 bridgehead atoms. The van der Waals surface area contributed by atoms with Crippen LogP contribution < -0.4 is 5.32 Å². The molecule has 0 aromatic heterocycles. The molecule has 1 atom stereocenters. The molecule has 2 N–H and O–H groups in total. The molecule has 0 unspecified atom stereocenters. The predicted octanol–water partition coefficient (Wildman–Crippen LogP) is 2.65. The van der Waals surface area contributed by atoms with E-state index in [9.17, 15) is 9.50 Å². The number of phenols is 1. The summed E-state index contributed by atoms with van der Waals surface area (Å²) in [6, 6.07) is 3.59. The van der Waals surface area contributed by atoms with Crippen LogP contribution in [0.3, 0.4) is 0 Å². The van der Waals surface area contributed by atoms with Gasteiger partial charge in [0.15, 0.2) is 11.6 Å². The van der Waals surface area contributed by atoms with Crippen LogP contribution in [0.4, 0.5) is 4.39 Å². The van der Waals surface area contributed by atoms with Gasteiger partial charge in [-0.3, -0.25) is 4.90 Å². The van der Waals surface area contributed by atoms with E-state index in [2.05, 4.69) is 10.2 Å². The largest absolute Gasteiger partial charge is 0.505 e. The Labute approximate surface area is 126 Å². The Kier molecular flexibility index (Phi) is 7.67. The van der Waals surface area contributed by atoms with Crippen LogP contribution in [0.15, 0.2) is 12.1 Å². The molecule has 1 aliphatic rings. The second kappa shape index (κ2) is 7.90. The standard InChI is InChI=1S/C13H19FN2O.2ClH/c1-9-3-4-11(13(17)12(9)14)10(2)16-7-5-15-6-8-16;;/h3-4,10,15,17H,5-8H2,1-2H3;2*1H/t10-;;/m0../s1. The van der Waals surface area contributed by atoms with Crippen LogP contribution in [0.2, 0.25) is 0 Å². The van der Waals surface area contributed by atoms with Gasteiger partial charge < -0.3 is 10.4 Å². The number of phenolic OH excluding ortho intramolecular Hbond substituents is 1. The first kappa shape index (κ1) is 18.4. The van der Waals surface area contributed by atoms with Crippen molar-refractivity contribution in [3.8, 4) is 5.75 Å². The fraction of sp³-hybridized carbons (Fsp3) is 0.538. The van der Waals surface area contributed by atoms with Gasteiger partial charge in [-0.2, -0.15) is 0 Å². The molecule has 6 heteroatoms. The molecule has 3 nitrogen and oxygen atoms in total.